The average molecular weight is 459 g/mol. The van der Waals surface area contributed by atoms with Crippen molar-refractivity contribution in [2.75, 3.05) is 13.2 Å². The smallest absolute Gasteiger partial charge is 0.410 e. The van der Waals surface area contributed by atoms with Gasteiger partial charge in [-0.2, -0.15) is 0 Å². The van der Waals surface area contributed by atoms with Crippen LogP contribution in [0.25, 0.3) is 0 Å². The molecular weight excluding hydrogens is 440 g/mol. The lowest BCUT2D eigenvalue weighted by Crippen LogP contribution is -2.40. The van der Waals surface area contributed by atoms with E-state index >= 15 is 0 Å². The summed E-state index contributed by atoms with van der Waals surface area (Å²) in [6.07, 6.45) is 0.124. The normalized spacial score (nSPS) is 15.3. The molecule has 1 amide bonds. The number of thiazole rings is 1. The summed E-state index contributed by atoms with van der Waals surface area (Å²) in [6, 6.07) is 13.8. The fraction of sp³-hybridized carbons (Fsp3) is 0.227. The number of benzene rings is 2. The van der Waals surface area contributed by atoms with Crippen molar-refractivity contribution in [2.45, 2.75) is 19.1 Å². The summed E-state index contributed by atoms with van der Waals surface area (Å²) in [6.45, 7) is 0.0472. The van der Waals surface area contributed by atoms with Gasteiger partial charge in [-0.1, -0.05) is 41.9 Å². The maximum Gasteiger partial charge on any atom is 0.410 e. The van der Waals surface area contributed by atoms with Crippen LogP contribution in [-0.4, -0.2) is 40.2 Å². The summed E-state index contributed by atoms with van der Waals surface area (Å²) in [7, 11) is 0. The number of halogens is 1. The van der Waals surface area contributed by atoms with E-state index in [-0.39, 0.29) is 6.61 Å². The van der Waals surface area contributed by atoms with Crippen molar-refractivity contribution in [1.82, 2.24) is 9.88 Å². The number of aliphatic carboxylic acids is 1. The molecule has 0 saturated carbocycles. The number of carbonyl (C=O) groups excluding carboxylic acids is 1. The van der Waals surface area contributed by atoms with Crippen LogP contribution in [0, 0.1) is 0 Å². The highest BCUT2D eigenvalue weighted by atomic mass is 35.5. The van der Waals surface area contributed by atoms with Gasteiger partial charge in [0.2, 0.25) is 0 Å². The zero-order chi connectivity index (χ0) is 21.8. The van der Waals surface area contributed by atoms with E-state index in [2.05, 4.69) is 4.98 Å². The molecule has 0 radical (unpaired) electrons. The molecule has 1 aliphatic rings. The predicted octanol–water partition coefficient (Wildman–Crippen LogP) is 4.54. The quantitative estimate of drug-likeness (QED) is 0.583. The van der Waals surface area contributed by atoms with Gasteiger partial charge in [-0.25, -0.2) is 14.6 Å². The van der Waals surface area contributed by atoms with Crippen LogP contribution in [-0.2, 0) is 22.6 Å². The molecule has 0 fully saturated rings. The molecule has 1 aliphatic heterocycles. The molecule has 7 nitrogen and oxygen atoms in total. The molecule has 2 aromatic carbocycles. The summed E-state index contributed by atoms with van der Waals surface area (Å²) in [4.78, 5) is 31.0. The number of rotatable bonds is 6. The van der Waals surface area contributed by atoms with Crippen molar-refractivity contribution in [3.05, 3.63) is 80.8 Å². The van der Waals surface area contributed by atoms with Gasteiger partial charge in [0.1, 0.15) is 18.4 Å². The van der Waals surface area contributed by atoms with E-state index in [0.29, 0.717) is 29.3 Å². The van der Waals surface area contributed by atoms with Gasteiger partial charge >= 0.3 is 12.1 Å². The summed E-state index contributed by atoms with van der Waals surface area (Å²) in [5.41, 5.74) is 4.11. The van der Waals surface area contributed by atoms with Crippen LogP contribution < -0.4 is 4.74 Å². The highest BCUT2D eigenvalue weighted by Crippen LogP contribution is 2.42. The molecule has 1 N–H and O–H groups in total. The molecule has 31 heavy (non-hydrogen) atoms. The number of carboxylic acid groups (broad SMARTS) is 1. The molecule has 9 heteroatoms. The molecule has 1 aromatic heterocycles. The number of hydrogen-bond acceptors (Lipinski definition) is 6. The molecule has 0 saturated heterocycles. The second kappa shape index (κ2) is 9.36. The number of hydrogen-bond donors (Lipinski definition) is 1. The lowest BCUT2D eigenvalue weighted by molar-refractivity contribution is -0.139. The zero-order valence-corrected chi connectivity index (χ0v) is 17.9. The maximum atomic E-state index is 13.1. The number of nitrogens with zero attached hydrogens (tertiary/aromatic N) is 2. The lowest BCUT2D eigenvalue weighted by Gasteiger charge is -2.35. The largest absolute Gasteiger partial charge is 0.482 e. The molecule has 4 rings (SSSR count). The highest BCUT2D eigenvalue weighted by molar-refractivity contribution is 7.09. The Hall–Kier alpha value is -3.10. The Morgan fingerprint density at radius 2 is 2.03 bits per heavy atom. The van der Waals surface area contributed by atoms with Crippen molar-refractivity contribution in [1.29, 1.82) is 0 Å². The molecule has 2 heterocycles. The first kappa shape index (κ1) is 21.1. The van der Waals surface area contributed by atoms with E-state index in [9.17, 15) is 9.59 Å². The minimum absolute atomic E-state index is 0.149. The number of carboxylic acids is 1. The van der Waals surface area contributed by atoms with Gasteiger partial charge in [-0.3, -0.25) is 4.90 Å². The molecule has 160 valence electrons. The first-order valence-corrected chi connectivity index (χ1v) is 10.8. The van der Waals surface area contributed by atoms with Crippen molar-refractivity contribution in [3.8, 4) is 5.75 Å². The van der Waals surface area contributed by atoms with Gasteiger partial charge in [-0.15, -0.1) is 11.3 Å². The molecule has 1 unspecified atom stereocenters. The van der Waals surface area contributed by atoms with Crippen LogP contribution in [0.3, 0.4) is 0 Å². The standard InChI is InChI=1S/C22H19ClN2O5S/c23-15-6-7-18(29-12-19(26)27)16(10-15)20-21-17(24-13-31-21)8-9-25(20)22(28)30-11-14-4-2-1-3-5-14/h1-7,10,13,20H,8-9,11-12H2,(H,26,27). The van der Waals surface area contributed by atoms with Gasteiger partial charge in [0.05, 0.1) is 16.1 Å². The highest BCUT2D eigenvalue weighted by Gasteiger charge is 2.36. The summed E-state index contributed by atoms with van der Waals surface area (Å²) in [5.74, 6) is -0.749. The summed E-state index contributed by atoms with van der Waals surface area (Å²) < 4.78 is 11.1. The lowest BCUT2D eigenvalue weighted by atomic mass is 9.97. The number of aromatic nitrogens is 1. The van der Waals surface area contributed by atoms with Crippen molar-refractivity contribution in [3.63, 3.8) is 0 Å². The van der Waals surface area contributed by atoms with Gasteiger partial charge in [0.25, 0.3) is 0 Å². The van der Waals surface area contributed by atoms with Crippen LogP contribution in [0.5, 0.6) is 5.75 Å². The van der Waals surface area contributed by atoms with Crippen molar-refractivity contribution < 1.29 is 24.2 Å². The van der Waals surface area contributed by atoms with Crippen molar-refractivity contribution >= 4 is 35.0 Å². The molecular formula is C22H19ClN2O5S. The van der Waals surface area contributed by atoms with Gasteiger partial charge in [0.15, 0.2) is 6.61 Å². The van der Waals surface area contributed by atoms with Gasteiger partial charge in [0, 0.05) is 23.6 Å². The van der Waals surface area contributed by atoms with Crippen LogP contribution in [0.15, 0.2) is 54.0 Å². The summed E-state index contributed by atoms with van der Waals surface area (Å²) in [5, 5.41) is 9.48. The number of carbonyl (C=O) groups is 2. The maximum absolute atomic E-state index is 13.1. The molecule has 0 aliphatic carbocycles. The fourth-order valence-electron chi connectivity index (χ4n) is 3.50. The molecule has 1 atom stereocenters. The molecule has 0 spiro atoms. The Morgan fingerprint density at radius 1 is 1.23 bits per heavy atom. The fourth-order valence-corrected chi connectivity index (χ4v) is 4.65. The second-order valence-corrected chi connectivity index (χ2v) is 8.24. The third-order valence-corrected chi connectivity index (χ3v) is 6.04. The number of amides is 1. The zero-order valence-electron chi connectivity index (χ0n) is 16.4. The van der Waals surface area contributed by atoms with E-state index in [4.69, 9.17) is 26.2 Å². The first-order valence-electron chi connectivity index (χ1n) is 9.56. The van der Waals surface area contributed by atoms with E-state index in [0.717, 1.165) is 16.1 Å². The number of fused-ring (bicyclic) bond motifs is 1. The second-order valence-electron chi connectivity index (χ2n) is 6.91. The SMILES string of the molecule is O=C(O)COc1ccc(Cl)cc1C1c2scnc2CCN1C(=O)OCc1ccccc1. The third kappa shape index (κ3) is 4.81. The van der Waals surface area contributed by atoms with Crippen LogP contribution in [0.2, 0.25) is 5.02 Å². The third-order valence-electron chi connectivity index (χ3n) is 4.88. The first-order chi connectivity index (χ1) is 15.0. The minimum Gasteiger partial charge on any atom is -0.482 e. The van der Waals surface area contributed by atoms with Crippen molar-refractivity contribution in [2.24, 2.45) is 0 Å². The van der Waals surface area contributed by atoms with E-state index in [1.165, 1.54) is 11.3 Å². The van der Waals surface area contributed by atoms with E-state index in [1.807, 2.05) is 30.3 Å². The van der Waals surface area contributed by atoms with Gasteiger partial charge in [-0.05, 0) is 23.8 Å². The monoisotopic (exact) mass is 458 g/mol. The Morgan fingerprint density at radius 3 is 2.81 bits per heavy atom. The van der Waals surface area contributed by atoms with Crippen LogP contribution >= 0.6 is 22.9 Å². The molecule has 3 aromatic rings. The topological polar surface area (TPSA) is 89.0 Å². The Kier molecular flexibility index (Phi) is 6.39. The molecule has 0 bridgehead atoms. The Bertz CT molecular complexity index is 1090. The average Bonchev–Trinajstić information content (AvgIpc) is 3.25. The van der Waals surface area contributed by atoms with E-state index in [1.54, 1.807) is 28.6 Å². The minimum atomic E-state index is -1.10. The predicted molar refractivity (Wildman–Crippen MR) is 116 cm³/mol. The number of ether oxygens (including phenoxy) is 2. The Labute approximate surface area is 187 Å². The van der Waals surface area contributed by atoms with E-state index < -0.39 is 24.7 Å². The van der Waals surface area contributed by atoms with Crippen LogP contribution in [0.1, 0.15) is 27.7 Å². The Balaban J connectivity index is 1.66. The summed E-state index contributed by atoms with van der Waals surface area (Å²) >= 11 is 7.68. The van der Waals surface area contributed by atoms with Gasteiger partial charge < -0.3 is 14.6 Å². The van der Waals surface area contributed by atoms with Crippen LogP contribution in [0.4, 0.5) is 4.79 Å².